The van der Waals surface area contributed by atoms with Gasteiger partial charge >= 0.3 is 5.97 Å². The third-order valence-corrected chi connectivity index (χ3v) is 5.47. The first kappa shape index (κ1) is 26.4. The zero-order valence-corrected chi connectivity index (χ0v) is 20.6. The Morgan fingerprint density at radius 2 is 1.75 bits per heavy atom. The monoisotopic (exact) mass is 512 g/mol. The van der Waals surface area contributed by atoms with Crippen LogP contribution in [0, 0.1) is 11.6 Å². The number of benzene rings is 2. The van der Waals surface area contributed by atoms with Crippen molar-refractivity contribution in [2.75, 3.05) is 6.54 Å². The second-order valence-electron chi connectivity index (χ2n) is 8.96. The van der Waals surface area contributed by atoms with E-state index in [1.165, 1.54) is 19.1 Å². The van der Waals surface area contributed by atoms with Crippen LogP contribution in [0.3, 0.4) is 0 Å². The molecule has 0 bridgehead atoms. The van der Waals surface area contributed by atoms with Gasteiger partial charge < -0.3 is 15.2 Å². The van der Waals surface area contributed by atoms with Gasteiger partial charge in [-0.15, -0.1) is 0 Å². The van der Waals surface area contributed by atoms with Crippen LogP contribution in [0.15, 0.2) is 46.9 Å². The lowest BCUT2D eigenvalue weighted by Crippen LogP contribution is -2.56. The topological polar surface area (TPSA) is 70.6 Å². The summed E-state index contributed by atoms with van der Waals surface area (Å²) >= 11 is 3.48. The highest BCUT2D eigenvalue weighted by atomic mass is 79.9. The summed E-state index contributed by atoms with van der Waals surface area (Å²) < 4.78 is 34.0. The van der Waals surface area contributed by atoms with Crippen LogP contribution >= 0.6 is 15.9 Å². The first-order valence-corrected chi connectivity index (χ1v) is 11.2. The molecule has 176 valence electrons. The van der Waals surface area contributed by atoms with Crippen molar-refractivity contribution in [2.24, 2.45) is 0 Å². The maximum atomic E-state index is 13.7. The van der Waals surface area contributed by atoms with E-state index in [-0.39, 0.29) is 13.0 Å². The van der Waals surface area contributed by atoms with Gasteiger partial charge in [0.25, 0.3) is 0 Å². The van der Waals surface area contributed by atoms with Gasteiger partial charge in [0.1, 0.15) is 23.5 Å². The predicted octanol–water partition coefficient (Wildman–Crippen LogP) is 4.41. The summed E-state index contributed by atoms with van der Waals surface area (Å²) in [6, 6.07) is 10.5. The van der Waals surface area contributed by atoms with Crippen LogP contribution < -0.4 is 10.6 Å². The summed E-state index contributed by atoms with van der Waals surface area (Å²) in [5, 5.41) is 16.8. The van der Waals surface area contributed by atoms with E-state index in [4.69, 9.17) is 4.74 Å². The van der Waals surface area contributed by atoms with E-state index in [1.807, 2.05) is 38.1 Å². The lowest BCUT2D eigenvalue weighted by Gasteiger charge is -2.36. The molecule has 0 amide bonds. The Balaban J connectivity index is 2.29. The first-order valence-electron chi connectivity index (χ1n) is 10.4. The molecule has 3 N–H and O–H groups in total. The first-order chi connectivity index (χ1) is 14.7. The number of aliphatic hydroxyl groups is 1. The molecule has 0 aliphatic carbocycles. The molecule has 0 spiro atoms. The Bertz CT molecular complexity index is 911. The molecule has 0 fully saturated rings. The molecule has 2 aromatic rings. The lowest BCUT2D eigenvalue weighted by molar-refractivity contribution is -0.149. The fourth-order valence-electron chi connectivity index (χ4n) is 3.53. The molecule has 0 radical (unpaired) electrons. The van der Waals surface area contributed by atoms with Crippen molar-refractivity contribution < 1.29 is 23.4 Å². The molecular formula is C24H31BrF2N2O3. The van der Waals surface area contributed by atoms with Gasteiger partial charge in [-0.1, -0.05) is 28.1 Å². The van der Waals surface area contributed by atoms with Crippen LogP contribution in [-0.2, 0) is 21.5 Å². The van der Waals surface area contributed by atoms with E-state index in [0.29, 0.717) is 5.56 Å². The molecular weight excluding hydrogens is 482 g/mol. The average Bonchev–Trinajstić information content (AvgIpc) is 2.62. The number of halogens is 3. The molecule has 8 heteroatoms. The molecule has 2 aromatic carbocycles. The third-order valence-electron chi connectivity index (χ3n) is 4.97. The third kappa shape index (κ3) is 8.58. The van der Waals surface area contributed by atoms with Crippen molar-refractivity contribution in [3.63, 3.8) is 0 Å². The number of carbonyl (C=O) groups excluding carboxylic acids is 1. The van der Waals surface area contributed by atoms with Crippen LogP contribution in [0.5, 0.6) is 0 Å². The SMILES string of the molecule is CC(=O)O[C@H](CNC(C)(C)c1cccc(Br)c1)[C@H](Cc1cc(F)cc(F)c1)NC(C)(C)O. The molecule has 0 saturated carbocycles. The van der Waals surface area contributed by atoms with Crippen molar-refractivity contribution in [3.8, 4) is 0 Å². The van der Waals surface area contributed by atoms with Crippen LogP contribution in [0.1, 0.15) is 45.7 Å². The van der Waals surface area contributed by atoms with Gasteiger partial charge in [-0.3, -0.25) is 10.1 Å². The molecule has 0 aliphatic rings. The van der Waals surface area contributed by atoms with Crippen LogP contribution in [0.4, 0.5) is 8.78 Å². The predicted molar refractivity (Wildman–Crippen MR) is 124 cm³/mol. The van der Waals surface area contributed by atoms with Gasteiger partial charge in [-0.2, -0.15) is 0 Å². The fourth-order valence-corrected chi connectivity index (χ4v) is 3.93. The molecule has 2 atom stereocenters. The van der Waals surface area contributed by atoms with Crippen molar-refractivity contribution in [1.29, 1.82) is 0 Å². The summed E-state index contributed by atoms with van der Waals surface area (Å²) in [5.41, 5.74) is -0.374. The number of hydrogen-bond acceptors (Lipinski definition) is 5. The van der Waals surface area contributed by atoms with Crippen molar-refractivity contribution in [3.05, 3.63) is 69.7 Å². The summed E-state index contributed by atoms with van der Waals surface area (Å²) in [6.07, 6.45) is -0.591. The zero-order valence-electron chi connectivity index (χ0n) is 19.0. The minimum absolute atomic E-state index is 0.135. The van der Waals surface area contributed by atoms with Crippen molar-refractivity contribution >= 4 is 21.9 Å². The Morgan fingerprint density at radius 1 is 1.12 bits per heavy atom. The highest BCUT2D eigenvalue weighted by molar-refractivity contribution is 9.10. The van der Waals surface area contributed by atoms with E-state index >= 15 is 0 Å². The number of esters is 1. The van der Waals surface area contributed by atoms with Gasteiger partial charge in [0.15, 0.2) is 0 Å². The minimum Gasteiger partial charge on any atom is -0.460 e. The largest absolute Gasteiger partial charge is 0.460 e. The van der Waals surface area contributed by atoms with Crippen LogP contribution in [0.25, 0.3) is 0 Å². The molecule has 2 rings (SSSR count). The number of nitrogens with one attached hydrogen (secondary N) is 2. The van der Waals surface area contributed by atoms with Gasteiger partial charge in [0.05, 0.1) is 6.04 Å². The number of hydrogen-bond donors (Lipinski definition) is 3. The van der Waals surface area contributed by atoms with E-state index in [2.05, 4.69) is 26.6 Å². The standard InChI is InChI=1S/C24H31BrF2N2O3/c1-15(30)32-22(14-28-23(2,3)17-7-6-8-18(25)12-17)21(29-24(4,5)31)11-16-9-19(26)13-20(27)10-16/h6-10,12-13,21-22,28-29,31H,11,14H2,1-5H3/t21-,22+/m0/s1. The number of carbonyl (C=O) groups is 1. The highest BCUT2D eigenvalue weighted by Gasteiger charge is 2.31. The van der Waals surface area contributed by atoms with E-state index in [1.54, 1.807) is 13.8 Å². The second-order valence-corrected chi connectivity index (χ2v) is 9.87. The smallest absolute Gasteiger partial charge is 0.303 e. The fraction of sp³-hybridized carbons (Fsp3) is 0.458. The molecule has 0 aliphatic heterocycles. The zero-order chi connectivity index (χ0) is 24.1. The highest BCUT2D eigenvalue weighted by Crippen LogP contribution is 2.24. The maximum absolute atomic E-state index is 13.7. The van der Waals surface area contributed by atoms with E-state index in [9.17, 15) is 18.7 Å². The van der Waals surface area contributed by atoms with Gasteiger partial charge in [-0.05, 0) is 69.5 Å². The summed E-state index contributed by atoms with van der Waals surface area (Å²) in [5.74, 6) is -1.88. The van der Waals surface area contributed by atoms with Crippen molar-refractivity contribution in [2.45, 2.75) is 64.4 Å². The molecule has 32 heavy (non-hydrogen) atoms. The van der Waals surface area contributed by atoms with Gasteiger partial charge in [0.2, 0.25) is 0 Å². The minimum atomic E-state index is -1.31. The summed E-state index contributed by atoms with van der Waals surface area (Å²) in [7, 11) is 0. The quantitative estimate of drug-likeness (QED) is 0.324. The summed E-state index contributed by atoms with van der Waals surface area (Å²) in [6.45, 7) is 8.64. The lowest BCUT2D eigenvalue weighted by atomic mass is 9.93. The van der Waals surface area contributed by atoms with Crippen LogP contribution in [-0.4, -0.2) is 35.5 Å². The Morgan fingerprint density at radius 3 is 2.28 bits per heavy atom. The Kier molecular flexibility index (Phi) is 8.93. The second kappa shape index (κ2) is 10.8. The van der Waals surface area contributed by atoms with Gasteiger partial charge in [-0.25, -0.2) is 8.78 Å². The summed E-state index contributed by atoms with van der Waals surface area (Å²) in [4.78, 5) is 11.9. The molecule has 0 unspecified atom stereocenters. The Hall–Kier alpha value is -1.87. The molecule has 0 aromatic heterocycles. The maximum Gasteiger partial charge on any atom is 0.303 e. The average molecular weight is 513 g/mol. The normalized spacial score (nSPS) is 14.2. The van der Waals surface area contributed by atoms with Crippen LogP contribution in [0.2, 0.25) is 0 Å². The van der Waals surface area contributed by atoms with E-state index in [0.717, 1.165) is 16.1 Å². The number of ether oxygens (including phenoxy) is 1. The number of rotatable bonds is 10. The van der Waals surface area contributed by atoms with Crippen molar-refractivity contribution in [1.82, 2.24) is 10.6 Å². The molecule has 0 saturated heterocycles. The van der Waals surface area contributed by atoms with E-state index < -0.39 is 41.0 Å². The molecule has 0 heterocycles. The Labute approximate surface area is 196 Å². The molecule has 5 nitrogen and oxygen atoms in total. The van der Waals surface area contributed by atoms with Gasteiger partial charge in [0, 0.05) is 29.5 Å².